The third kappa shape index (κ3) is 4.86. The molecule has 0 spiro atoms. The molecule has 0 saturated heterocycles. The van der Waals surface area contributed by atoms with Crippen LogP contribution in [0.3, 0.4) is 0 Å². The van der Waals surface area contributed by atoms with E-state index in [-0.39, 0.29) is 11.6 Å². The zero-order chi connectivity index (χ0) is 19.1. The van der Waals surface area contributed by atoms with Gasteiger partial charge in [-0.1, -0.05) is 24.3 Å². The summed E-state index contributed by atoms with van der Waals surface area (Å²) in [7, 11) is 3.05. The van der Waals surface area contributed by atoms with Crippen molar-refractivity contribution in [3.05, 3.63) is 59.3 Å². The first-order chi connectivity index (χ1) is 12.4. The summed E-state index contributed by atoms with van der Waals surface area (Å²) in [6.45, 7) is 3.28. The first-order valence-electron chi connectivity index (χ1n) is 8.03. The lowest BCUT2D eigenvalue weighted by Crippen LogP contribution is -2.29. The summed E-state index contributed by atoms with van der Waals surface area (Å²) >= 11 is 0. The number of nitrogens with one attached hydrogen (secondary N) is 2. The molecule has 26 heavy (non-hydrogen) atoms. The molecule has 2 aromatic carbocycles. The Morgan fingerprint density at radius 2 is 1.77 bits per heavy atom. The van der Waals surface area contributed by atoms with Gasteiger partial charge in [0.05, 0.1) is 19.9 Å². The Morgan fingerprint density at radius 3 is 2.38 bits per heavy atom. The molecule has 0 fully saturated rings. The van der Waals surface area contributed by atoms with Crippen molar-refractivity contribution in [2.75, 3.05) is 19.5 Å². The molecule has 2 rings (SSSR count). The molecule has 0 saturated carbocycles. The van der Waals surface area contributed by atoms with Crippen LogP contribution in [0.1, 0.15) is 18.1 Å². The second kappa shape index (κ2) is 8.71. The summed E-state index contributed by atoms with van der Waals surface area (Å²) in [6, 6.07) is 12.6. The molecule has 136 valence electrons. The average molecular weight is 354 g/mol. The highest BCUT2D eigenvalue weighted by Crippen LogP contribution is 2.29. The molecule has 2 N–H and O–H groups in total. The number of methoxy groups -OCH3 is 2. The molecule has 0 aliphatic carbocycles. The van der Waals surface area contributed by atoms with Gasteiger partial charge in [-0.05, 0) is 36.3 Å². The van der Waals surface area contributed by atoms with E-state index < -0.39 is 5.91 Å². The van der Waals surface area contributed by atoms with Crippen LogP contribution >= 0.6 is 0 Å². The molecular formula is C20H22N2O4. The van der Waals surface area contributed by atoms with Crippen molar-refractivity contribution in [3.63, 3.8) is 0 Å². The number of benzene rings is 2. The molecule has 0 unspecified atom stereocenters. The fourth-order valence-corrected chi connectivity index (χ4v) is 2.35. The molecule has 2 amide bonds. The second-order valence-corrected chi connectivity index (χ2v) is 5.62. The van der Waals surface area contributed by atoms with E-state index in [0.29, 0.717) is 17.2 Å². The van der Waals surface area contributed by atoms with Crippen LogP contribution in [-0.2, 0) is 9.59 Å². The maximum atomic E-state index is 12.7. The predicted molar refractivity (Wildman–Crippen MR) is 101 cm³/mol. The topological polar surface area (TPSA) is 76.7 Å². The molecule has 6 nitrogen and oxygen atoms in total. The Morgan fingerprint density at radius 1 is 1.04 bits per heavy atom. The standard InChI is InChI=1S/C20H22N2O4/c1-13-7-5-6-8-15(13)11-18(21-14(2)23)20(24)22-17-12-16(25-3)9-10-19(17)26-4/h5-12H,1-4H3,(H,21,23)(H,22,24). The summed E-state index contributed by atoms with van der Waals surface area (Å²) in [5.74, 6) is 0.259. The molecule has 0 aromatic heterocycles. The van der Waals surface area contributed by atoms with Crippen LogP contribution in [-0.4, -0.2) is 26.0 Å². The third-order valence-electron chi connectivity index (χ3n) is 3.70. The Labute approximate surface area is 152 Å². The molecule has 0 bridgehead atoms. The van der Waals surface area contributed by atoms with Gasteiger partial charge in [0, 0.05) is 13.0 Å². The number of hydrogen-bond acceptors (Lipinski definition) is 4. The minimum Gasteiger partial charge on any atom is -0.497 e. The van der Waals surface area contributed by atoms with Crippen molar-refractivity contribution in [1.29, 1.82) is 0 Å². The third-order valence-corrected chi connectivity index (χ3v) is 3.70. The average Bonchev–Trinajstić information content (AvgIpc) is 2.62. The Kier molecular flexibility index (Phi) is 6.38. The van der Waals surface area contributed by atoms with E-state index in [0.717, 1.165) is 11.1 Å². The van der Waals surface area contributed by atoms with Crippen LogP contribution < -0.4 is 20.1 Å². The van der Waals surface area contributed by atoms with Crippen LogP contribution in [0.4, 0.5) is 5.69 Å². The number of rotatable bonds is 6. The lowest BCUT2D eigenvalue weighted by atomic mass is 10.1. The zero-order valence-corrected chi connectivity index (χ0v) is 15.3. The van der Waals surface area contributed by atoms with Crippen LogP contribution in [0.2, 0.25) is 0 Å². The first-order valence-corrected chi connectivity index (χ1v) is 8.03. The Balaban J connectivity index is 2.36. The number of aryl methyl sites for hydroxylation is 1. The lowest BCUT2D eigenvalue weighted by molar-refractivity contribution is -0.120. The zero-order valence-electron chi connectivity index (χ0n) is 15.3. The SMILES string of the molecule is COc1ccc(OC)c(NC(=O)C(=Cc2ccccc2C)NC(C)=O)c1. The number of ether oxygens (including phenoxy) is 2. The normalized spacial score (nSPS) is 10.8. The van der Waals surface area contributed by atoms with Crippen molar-refractivity contribution in [3.8, 4) is 11.5 Å². The van der Waals surface area contributed by atoms with E-state index in [4.69, 9.17) is 9.47 Å². The van der Waals surface area contributed by atoms with E-state index in [1.54, 1.807) is 24.3 Å². The summed E-state index contributed by atoms with van der Waals surface area (Å²) in [5, 5.41) is 5.33. The second-order valence-electron chi connectivity index (χ2n) is 5.62. The van der Waals surface area contributed by atoms with Gasteiger partial charge in [0.2, 0.25) is 5.91 Å². The predicted octanol–water partition coefficient (Wildman–Crippen LogP) is 3.13. The molecule has 0 heterocycles. The molecule has 6 heteroatoms. The number of anilines is 1. The van der Waals surface area contributed by atoms with Gasteiger partial charge in [-0.3, -0.25) is 9.59 Å². The number of hydrogen-bond donors (Lipinski definition) is 2. The minimum absolute atomic E-state index is 0.136. The molecular weight excluding hydrogens is 332 g/mol. The highest BCUT2D eigenvalue weighted by atomic mass is 16.5. The number of amides is 2. The van der Waals surface area contributed by atoms with Gasteiger partial charge in [0.15, 0.2) is 0 Å². The van der Waals surface area contributed by atoms with Gasteiger partial charge in [-0.25, -0.2) is 0 Å². The first kappa shape index (κ1) is 19.1. The van der Waals surface area contributed by atoms with Crippen molar-refractivity contribution in [2.24, 2.45) is 0 Å². The van der Waals surface area contributed by atoms with Crippen molar-refractivity contribution < 1.29 is 19.1 Å². The number of carbonyl (C=O) groups excluding carboxylic acids is 2. The van der Waals surface area contributed by atoms with Crippen LogP contribution in [0.25, 0.3) is 6.08 Å². The fourth-order valence-electron chi connectivity index (χ4n) is 2.35. The summed E-state index contributed by atoms with van der Waals surface area (Å²) in [4.78, 5) is 24.3. The molecule has 0 atom stereocenters. The van der Waals surface area contributed by atoms with Gasteiger partial charge in [-0.15, -0.1) is 0 Å². The summed E-state index contributed by atoms with van der Waals surface area (Å²) in [6.07, 6.45) is 1.64. The van der Waals surface area contributed by atoms with Gasteiger partial charge in [0.1, 0.15) is 17.2 Å². The highest BCUT2D eigenvalue weighted by Gasteiger charge is 2.15. The molecule has 0 aliphatic heterocycles. The largest absolute Gasteiger partial charge is 0.497 e. The van der Waals surface area contributed by atoms with E-state index in [9.17, 15) is 9.59 Å². The minimum atomic E-state index is -0.463. The van der Waals surface area contributed by atoms with Crippen LogP contribution in [0.5, 0.6) is 11.5 Å². The van der Waals surface area contributed by atoms with E-state index >= 15 is 0 Å². The molecule has 2 aromatic rings. The van der Waals surface area contributed by atoms with Crippen LogP contribution in [0.15, 0.2) is 48.2 Å². The van der Waals surface area contributed by atoms with E-state index in [1.165, 1.54) is 21.1 Å². The maximum Gasteiger partial charge on any atom is 0.272 e. The fraction of sp³-hybridized carbons (Fsp3) is 0.200. The Hall–Kier alpha value is -3.28. The van der Waals surface area contributed by atoms with Gasteiger partial charge in [0.25, 0.3) is 5.91 Å². The summed E-state index contributed by atoms with van der Waals surface area (Å²) in [5.41, 5.74) is 2.40. The summed E-state index contributed by atoms with van der Waals surface area (Å²) < 4.78 is 10.4. The van der Waals surface area contributed by atoms with E-state index in [2.05, 4.69) is 10.6 Å². The van der Waals surface area contributed by atoms with Gasteiger partial charge < -0.3 is 20.1 Å². The van der Waals surface area contributed by atoms with Gasteiger partial charge >= 0.3 is 0 Å². The van der Waals surface area contributed by atoms with E-state index in [1.807, 2.05) is 31.2 Å². The highest BCUT2D eigenvalue weighted by molar-refractivity contribution is 6.09. The molecule has 0 radical (unpaired) electrons. The van der Waals surface area contributed by atoms with Gasteiger partial charge in [-0.2, -0.15) is 0 Å². The van der Waals surface area contributed by atoms with Crippen molar-refractivity contribution >= 4 is 23.6 Å². The van der Waals surface area contributed by atoms with Crippen molar-refractivity contribution in [2.45, 2.75) is 13.8 Å². The number of carbonyl (C=O) groups is 2. The smallest absolute Gasteiger partial charge is 0.272 e. The Bertz CT molecular complexity index is 843. The van der Waals surface area contributed by atoms with Crippen LogP contribution in [0, 0.1) is 6.92 Å². The molecule has 0 aliphatic rings. The quantitative estimate of drug-likeness (QED) is 0.782. The maximum absolute atomic E-state index is 12.7. The lowest BCUT2D eigenvalue weighted by Gasteiger charge is -2.14. The monoisotopic (exact) mass is 354 g/mol. The van der Waals surface area contributed by atoms with Crippen molar-refractivity contribution in [1.82, 2.24) is 5.32 Å².